The highest BCUT2D eigenvalue weighted by molar-refractivity contribution is 7.46. The fourth-order valence-electron chi connectivity index (χ4n) is 3.24. The van der Waals surface area contributed by atoms with Crippen LogP contribution in [0, 0.1) is 5.92 Å². The zero-order valence-electron chi connectivity index (χ0n) is 17.4. The van der Waals surface area contributed by atoms with Gasteiger partial charge in [-0.3, -0.25) is 4.79 Å². The second kappa shape index (κ2) is 17.6. The van der Waals surface area contributed by atoms with Crippen LogP contribution in [0.15, 0.2) is 12.2 Å². The van der Waals surface area contributed by atoms with Crippen LogP contribution in [-0.4, -0.2) is 30.2 Å². The predicted molar refractivity (Wildman–Crippen MR) is 114 cm³/mol. The van der Waals surface area contributed by atoms with E-state index in [9.17, 15) is 9.69 Å². The van der Waals surface area contributed by atoms with Crippen molar-refractivity contribution in [3.63, 3.8) is 0 Å². The van der Waals surface area contributed by atoms with Gasteiger partial charge < -0.3 is 14.2 Å². The van der Waals surface area contributed by atoms with Gasteiger partial charge in [-0.15, -0.1) is 0 Å². The molecule has 5 heteroatoms. The first-order valence-corrected chi connectivity index (χ1v) is 12.5. The van der Waals surface area contributed by atoms with Crippen molar-refractivity contribution in [1.82, 2.24) is 0 Å². The van der Waals surface area contributed by atoms with Gasteiger partial charge in [-0.2, -0.15) is 0 Å². The van der Waals surface area contributed by atoms with Gasteiger partial charge in [0.2, 0.25) is 0 Å². The van der Waals surface area contributed by atoms with Gasteiger partial charge >= 0.3 is 5.97 Å². The van der Waals surface area contributed by atoms with E-state index in [1.165, 1.54) is 70.6 Å². The Balaban J connectivity index is 1.78. The van der Waals surface area contributed by atoms with Crippen LogP contribution in [0.2, 0.25) is 0 Å². The predicted octanol–water partition coefficient (Wildman–Crippen LogP) is 6.52. The number of unbranched alkanes of at least 4 members (excludes halogenated alkanes) is 11. The molecule has 1 saturated heterocycles. The molecular weight excluding hydrogens is 359 g/mol. The number of rotatable bonds is 17. The number of allylic oxidation sites excluding steroid dienone is 2. The van der Waals surface area contributed by atoms with E-state index in [0.29, 0.717) is 25.8 Å². The highest BCUT2D eigenvalue weighted by Gasteiger charge is 2.25. The summed E-state index contributed by atoms with van der Waals surface area (Å²) in [5, 5.41) is 0. The number of hydrogen-bond acceptors (Lipinski definition) is 4. The summed E-state index contributed by atoms with van der Waals surface area (Å²) in [5.74, 6) is 0.0703. The summed E-state index contributed by atoms with van der Waals surface area (Å²) in [4.78, 5) is 21.0. The van der Waals surface area contributed by atoms with Crippen molar-refractivity contribution in [3.05, 3.63) is 12.2 Å². The molecule has 158 valence electrons. The van der Waals surface area contributed by atoms with Gasteiger partial charge in [0, 0.05) is 18.5 Å². The Morgan fingerprint density at radius 2 is 1.59 bits per heavy atom. The molecule has 27 heavy (non-hydrogen) atoms. The Labute approximate surface area is 168 Å². The van der Waals surface area contributed by atoms with Crippen LogP contribution < -0.4 is 0 Å². The number of carbonyl (C=O) groups excluding carboxylic acids is 1. The van der Waals surface area contributed by atoms with Crippen LogP contribution in [0.5, 0.6) is 0 Å². The average molecular weight is 401 g/mol. The van der Waals surface area contributed by atoms with Gasteiger partial charge in [-0.05, 0) is 32.1 Å². The third-order valence-corrected chi connectivity index (χ3v) is 6.27. The van der Waals surface area contributed by atoms with E-state index in [0.717, 1.165) is 12.8 Å². The zero-order valence-corrected chi connectivity index (χ0v) is 18.3. The van der Waals surface area contributed by atoms with Gasteiger partial charge in [0.1, 0.15) is 0 Å². The fourth-order valence-corrected chi connectivity index (χ4v) is 4.38. The standard InChI is InChI=1S/C22H41O4P/c1-2-3-4-5-6-7-8-9-10-11-12-13-14-15-16-17-22(23)25-18-21-19-26-27(24)20-21/h9-10,21,24H,2-8,11-20H2,1H3/b10-9-. The normalized spacial score (nSPS) is 19.8. The number of hydrogen-bond donors (Lipinski definition) is 1. The molecule has 1 aliphatic rings. The minimum Gasteiger partial charge on any atom is -0.465 e. The minimum absolute atomic E-state index is 0.109. The molecule has 1 rings (SSSR count). The van der Waals surface area contributed by atoms with Crippen LogP contribution in [0.3, 0.4) is 0 Å². The van der Waals surface area contributed by atoms with Crippen molar-refractivity contribution < 1.29 is 18.9 Å². The van der Waals surface area contributed by atoms with Crippen LogP contribution in [0.1, 0.15) is 96.8 Å². The van der Waals surface area contributed by atoms with Crippen molar-refractivity contribution >= 4 is 14.3 Å². The van der Waals surface area contributed by atoms with E-state index < -0.39 is 8.38 Å². The molecule has 0 spiro atoms. The summed E-state index contributed by atoms with van der Waals surface area (Å²) >= 11 is 0. The van der Waals surface area contributed by atoms with E-state index in [-0.39, 0.29) is 11.9 Å². The fraction of sp³-hybridized carbons (Fsp3) is 0.864. The molecular formula is C22H41O4P. The van der Waals surface area contributed by atoms with Crippen molar-refractivity contribution in [3.8, 4) is 0 Å². The number of carbonyl (C=O) groups is 1. The monoisotopic (exact) mass is 400 g/mol. The van der Waals surface area contributed by atoms with Gasteiger partial charge in [-0.25, -0.2) is 0 Å². The highest BCUT2D eigenvalue weighted by atomic mass is 31.2. The molecule has 0 aromatic rings. The van der Waals surface area contributed by atoms with Crippen molar-refractivity contribution in [2.24, 2.45) is 5.92 Å². The zero-order chi connectivity index (χ0) is 19.6. The summed E-state index contributed by atoms with van der Waals surface area (Å²) in [5.41, 5.74) is 0. The SMILES string of the molecule is CCCCCCCC/C=C\CCCCCCCC(=O)OCC1COP(O)C1. The van der Waals surface area contributed by atoms with Crippen molar-refractivity contribution in [1.29, 1.82) is 0 Å². The maximum atomic E-state index is 11.7. The van der Waals surface area contributed by atoms with E-state index >= 15 is 0 Å². The Kier molecular flexibility index (Phi) is 16.1. The number of esters is 1. The molecule has 0 aromatic carbocycles. The quantitative estimate of drug-likeness (QED) is 0.131. The highest BCUT2D eigenvalue weighted by Crippen LogP contribution is 2.40. The molecule has 2 unspecified atom stereocenters. The minimum atomic E-state index is -1.26. The van der Waals surface area contributed by atoms with Crippen LogP contribution in [0.4, 0.5) is 0 Å². The first kappa shape index (κ1) is 24.6. The second-order valence-corrected chi connectivity index (χ2v) is 9.04. The van der Waals surface area contributed by atoms with Gasteiger partial charge in [0.25, 0.3) is 0 Å². The Bertz CT molecular complexity index is 387. The van der Waals surface area contributed by atoms with E-state index in [4.69, 9.17) is 9.26 Å². The lowest BCUT2D eigenvalue weighted by Gasteiger charge is -2.08. The van der Waals surface area contributed by atoms with E-state index in [2.05, 4.69) is 19.1 Å². The van der Waals surface area contributed by atoms with E-state index in [1.807, 2.05) is 0 Å². The topological polar surface area (TPSA) is 55.8 Å². The Hall–Kier alpha value is -0.440. The maximum Gasteiger partial charge on any atom is 0.305 e. The average Bonchev–Trinajstić information content (AvgIpc) is 3.08. The van der Waals surface area contributed by atoms with E-state index in [1.54, 1.807) is 0 Å². The molecule has 1 N–H and O–H groups in total. The van der Waals surface area contributed by atoms with Gasteiger partial charge in [-0.1, -0.05) is 70.4 Å². The Morgan fingerprint density at radius 1 is 1.00 bits per heavy atom. The Morgan fingerprint density at radius 3 is 2.19 bits per heavy atom. The van der Waals surface area contributed by atoms with Crippen molar-refractivity contribution in [2.75, 3.05) is 19.4 Å². The molecule has 0 aliphatic carbocycles. The van der Waals surface area contributed by atoms with Gasteiger partial charge in [0.05, 0.1) is 13.2 Å². The summed E-state index contributed by atoms with van der Waals surface area (Å²) in [7, 11) is -1.26. The number of ether oxygens (including phenoxy) is 1. The third kappa shape index (κ3) is 15.2. The first-order chi connectivity index (χ1) is 13.2. The first-order valence-electron chi connectivity index (χ1n) is 11.1. The summed E-state index contributed by atoms with van der Waals surface area (Å²) in [6.07, 6.45) is 22.2. The lowest BCUT2D eigenvalue weighted by atomic mass is 10.1. The maximum absolute atomic E-state index is 11.7. The van der Waals surface area contributed by atoms with Crippen LogP contribution >= 0.6 is 8.38 Å². The molecule has 1 fully saturated rings. The smallest absolute Gasteiger partial charge is 0.305 e. The van der Waals surface area contributed by atoms with Crippen LogP contribution in [-0.2, 0) is 14.1 Å². The summed E-state index contributed by atoms with van der Waals surface area (Å²) in [6.45, 7) is 3.17. The lowest BCUT2D eigenvalue weighted by molar-refractivity contribution is -0.145. The lowest BCUT2D eigenvalue weighted by Crippen LogP contribution is -2.15. The van der Waals surface area contributed by atoms with Gasteiger partial charge in [0.15, 0.2) is 8.38 Å². The largest absolute Gasteiger partial charge is 0.465 e. The third-order valence-electron chi connectivity index (χ3n) is 5.00. The molecule has 1 heterocycles. The molecule has 4 nitrogen and oxygen atoms in total. The molecule has 0 radical (unpaired) electrons. The second-order valence-electron chi connectivity index (χ2n) is 7.71. The molecule has 0 aromatic heterocycles. The molecule has 1 aliphatic heterocycles. The van der Waals surface area contributed by atoms with Crippen LogP contribution in [0.25, 0.3) is 0 Å². The molecule has 0 amide bonds. The van der Waals surface area contributed by atoms with Crippen molar-refractivity contribution in [2.45, 2.75) is 96.8 Å². The molecule has 0 bridgehead atoms. The molecule has 2 atom stereocenters. The summed E-state index contributed by atoms with van der Waals surface area (Å²) in [6, 6.07) is 0. The molecule has 0 saturated carbocycles. The summed E-state index contributed by atoms with van der Waals surface area (Å²) < 4.78 is 10.4.